The van der Waals surface area contributed by atoms with Crippen molar-refractivity contribution in [2.75, 3.05) is 25.9 Å². The number of halogens is 2. The number of esters is 1. The van der Waals surface area contributed by atoms with Crippen LogP contribution < -0.4 is 5.73 Å². The Morgan fingerprint density at radius 2 is 1.72 bits per heavy atom. The fraction of sp³-hybridized carbons (Fsp3) is 0.519. The number of benzene rings is 1. The summed E-state index contributed by atoms with van der Waals surface area (Å²) in [6, 6.07) is 5.98. The van der Waals surface area contributed by atoms with Crippen LogP contribution in [0.25, 0.3) is 0 Å². The van der Waals surface area contributed by atoms with Crippen LogP contribution in [-0.2, 0) is 19.4 Å². The first-order valence-electron chi connectivity index (χ1n) is 12.9. The SMILES string of the molecule is CS(=O)(=O)c1ccc(C(=O)OC2(C(N)=O)CCC(CCN3CCC(C(=O)c4ccc(F)c(F)c4)CC3)CC2)s1. The third-order valence-electron chi connectivity index (χ3n) is 7.81. The Balaban J connectivity index is 1.24. The normalized spacial score (nSPS) is 22.9. The minimum Gasteiger partial charge on any atom is -0.445 e. The van der Waals surface area contributed by atoms with Crippen molar-refractivity contribution in [3.63, 3.8) is 0 Å². The Bertz CT molecular complexity index is 1340. The van der Waals surface area contributed by atoms with Gasteiger partial charge in [0, 0.05) is 17.7 Å². The molecule has 1 aromatic heterocycles. The minimum atomic E-state index is -3.45. The first-order chi connectivity index (χ1) is 18.4. The molecule has 39 heavy (non-hydrogen) atoms. The number of rotatable bonds is 9. The summed E-state index contributed by atoms with van der Waals surface area (Å²) < 4.78 is 55.8. The van der Waals surface area contributed by atoms with Crippen molar-refractivity contribution in [2.45, 2.75) is 54.8 Å². The zero-order valence-electron chi connectivity index (χ0n) is 21.7. The number of sulfone groups is 1. The predicted octanol–water partition coefficient (Wildman–Crippen LogP) is 3.99. The smallest absolute Gasteiger partial charge is 0.349 e. The molecule has 0 spiro atoms. The first kappa shape index (κ1) is 29.3. The number of ether oxygens (including phenoxy) is 1. The molecule has 0 radical (unpaired) electrons. The summed E-state index contributed by atoms with van der Waals surface area (Å²) in [7, 11) is -3.45. The van der Waals surface area contributed by atoms with E-state index in [0.717, 1.165) is 55.8 Å². The van der Waals surface area contributed by atoms with Gasteiger partial charge in [0.2, 0.25) is 0 Å². The maximum absolute atomic E-state index is 13.5. The second kappa shape index (κ2) is 11.8. The number of Topliss-reactive ketones (excluding diaryl/α,β-unsaturated/α-hetero) is 1. The fourth-order valence-electron chi connectivity index (χ4n) is 5.36. The molecule has 4 rings (SSSR count). The van der Waals surface area contributed by atoms with Crippen LogP contribution in [0.2, 0.25) is 0 Å². The molecule has 0 atom stereocenters. The van der Waals surface area contributed by atoms with Gasteiger partial charge in [-0.3, -0.25) is 9.59 Å². The van der Waals surface area contributed by atoms with E-state index in [1.165, 1.54) is 18.2 Å². The first-order valence-corrected chi connectivity index (χ1v) is 15.6. The average Bonchev–Trinajstić information content (AvgIpc) is 3.41. The molecule has 1 saturated heterocycles. The summed E-state index contributed by atoms with van der Waals surface area (Å²) in [5.74, 6) is -3.52. The molecule has 1 saturated carbocycles. The molecule has 8 nitrogen and oxygen atoms in total. The number of nitrogens with two attached hydrogens (primary N) is 1. The molecule has 2 heterocycles. The largest absolute Gasteiger partial charge is 0.445 e. The van der Waals surface area contributed by atoms with Crippen LogP contribution >= 0.6 is 11.3 Å². The second-order valence-corrected chi connectivity index (χ2v) is 13.8. The molecule has 2 aromatic rings. The van der Waals surface area contributed by atoms with Gasteiger partial charge in [-0.05, 0) is 101 Å². The van der Waals surface area contributed by atoms with Gasteiger partial charge in [-0.25, -0.2) is 22.0 Å². The Hall–Kier alpha value is -2.70. The van der Waals surface area contributed by atoms with Crippen molar-refractivity contribution in [1.82, 2.24) is 4.90 Å². The Labute approximate surface area is 230 Å². The Morgan fingerprint density at radius 3 is 2.28 bits per heavy atom. The third kappa shape index (κ3) is 6.90. The zero-order valence-corrected chi connectivity index (χ0v) is 23.3. The van der Waals surface area contributed by atoms with Gasteiger partial charge < -0.3 is 15.4 Å². The van der Waals surface area contributed by atoms with E-state index in [2.05, 4.69) is 4.90 Å². The summed E-state index contributed by atoms with van der Waals surface area (Å²) in [5.41, 5.74) is 4.43. The number of thiophene rings is 1. The molecule has 0 unspecified atom stereocenters. The molecular weight excluding hydrogens is 550 g/mol. The summed E-state index contributed by atoms with van der Waals surface area (Å²) in [6.07, 6.45) is 5.13. The summed E-state index contributed by atoms with van der Waals surface area (Å²) in [5, 5.41) is 0. The highest BCUT2D eigenvalue weighted by atomic mass is 32.2. The van der Waals surface area contributed by atoms with Gasteiger partial charge in [0.15, 0.2) is 32.9 Å². The van der Waals surface area contributed by atoms with Crippen LogP contribution in [-0.4, -0.2) is 62.5 Å². The summed E-state index contributed by atoms with van der Waals surface area (Å²) in [4.78, 5) is 40.1. The lowest BCUT2D eigenvalue weighted by Crippen LogP contribution is -2.50. The van der Waals surface area contributed by atoms with E-state index >= 15 is 0 Å². The van der Waals surface area contributed by atoms with E-state index in [1.807, 2.05) is 0 Å². The van der Waals surface area contributed by atoms with Crippen molar-refractivity contribution in [3.05, 3.63) is 52.4 Å². The van der Waals surface area contributed by atoms with Crippen molar-refractivity contribution in [2.24, 2.45) is 17.6 Å². The quantitative estimate of drug-likeness (QED) is 0.350. The molecule has 212 valence electrons. The van der Waals surface area contributed by atoms with Crippen molar-refractivity contribution in [1.29, 1.82) is 0 Å². The lowest BCUT2D eigenvalue weighted by atomic mass is 9.77. The van der Waals surface area contributed by atoms with E-state index in [9.17, 15) is 31.6 Å². The molecule has 1 amide bonds. The van der Waals surface area contributed by atoms with Crippen molar-refractivity contribution in [3.8, 4) is 0 Å². The number of carbonyl (C=O) groups excluding carboxylic acids is 3. The maximum Gasteiger partial charge on any atom is 0.349 e. The van der Waals surface area contributed by atoms with Crippen LogP contribution in [0.1, 0.15) is 65.0 Å². The number of primary amides is 1. The van der Waals surface area contributed by atoms with E-state index in [0.29, 0.717) is 44.4 Å². The minimum absolute atomic E-state index is 0.0454. The number of carbonyl (C=O) groups is 3. The van der Waals surface area contributed by atoms with Gasteiger partial charge in [0.25, 0.3) is 5.91 Å². The predicted molar refractivity (Wildman–Crippen MR) is 141 cm³/mol. The van der Waals surface area contributed by atoms with Crippen LogP contribution in [0.5, 0.6) is 0 Å². The molecule has 2 fully saturated rings. The highest BCUT2D eigenvalue weighted by Crippen LogP contribution is 2.38. The number of amides is 1. The Kier molecular flexibility index (Phi) is 8.87. The second-order valence-electron chi connectivity index (χ2n) is 10.5. The molecule has 0 bridgehead atoms. The molecule has 1 aromatic carbocycles. The van der Waals surface area contributed by atoms with E-state index < -0.39 is 38.9 Å². The number of likely N-dealkylation sites (tertiary alicyclic amines) is 1. The number of nitrogens with zero attached hydrogens (tertiary/aromatic N) is 1. The van der Waals surface area contributed by atoms with Gasteiger partial charge in [0.1, 0.15) is 9.09 Å². The van der Waals surface area contributed by atoms with E-state index in [4.69, 9.17) is 10.5 Å². The highest BCUT2D eigenvalue weighted by Gasteiger charge is 2.44. The Morgan fingerprint density at radius 1 is 1.05 bits per heavy atom. The monoisotopic (exact) mass is 582 g/mol. The van der Waals surface area contributed by atoms with Crippen LogP contribution in [0.15, 0.2) is 34.5 Å². The van der Waals surface area contributed by atoms with Crippen LogP contribution in [0.4, 0.5) is 8.78 Å². The molecular formula is C27H32F2N2O6S2. The average molecular weight is 583 g/mol. The molecule has 2 aliphatic rings. The zero-order chi connectivity index (χ0) is 28.4. The van der Waals surface area contributed by atoms with Gasteiger partial charge in [0.05, 0.1) is 0 Å². The van der Waals surface area contributed by atoms with Gasteiger partial charge in [-0.15, -0.1) is 11.3 Å². The lowest BCUT2D eigenvalue weighted by molar-refractivity contribution is -0.141. The summed E-state index contributed by atoms with van der Waals surface area (Å²) in [6.45, 7) is 2.28. The van der Waals surface area contributed by atoms with Crippen molar-refractivity contribution >= 4 is 38.8 Å². The lowest BCUT2D eigenvalue weighted by Gasteiger charge is -2.38. The molecule has 12 heteroatoms. The maximum atomic E-state index is 13.5. The molecule has 2 N–H and O–H groups in total. The summed E-state index contributed by atoms with van der Waals surface area (Å²) >= 11 is 0.800. The number of hydrogen-bond acceptors (Lipinski definition) is 8. The molecule has 1 aliphatic heterocycles. The van der Waals surface area contributed by atoms with Gasteiger partial charge in [-0.2, -0.15) is 0 Å². The number of ketones is 1. The number of piperidine rings is 1. The van der Waals surface area contributed by atoms with Crippen LogP contribution in [0, 0.1) is 23.5 Å². The fourth-order valence-corrected chi connectivity index (χ4v) is 7.16. The molecule has 1 aliphatic carbocycles. The van der Waals surface area contributed by atoms with Crippen LogP contribution in [0.3, 0.4) is 0 Å². The van der Waals surface area contributed by atoms with Gasteiger partial charge in [-0.1, -0.05) is 0 Å². The van der Waals surface area contributed by atoms with E-state index in [-0.39, 0.29) is 26.4 Å². The third-order valence-corrected chi connectivity index (χ3v) is 10.7. The van der Waals surface area contributed by atoms with Gasteiger partial charge >= 0.3 is 5.97 Å². The van der Waals surface area contributed by atoms with Crippen molar-refractivity contribution < 1.29 is 36.3 Å². The van der Waals surface area contributed by atoms with E-state index in [1.54, 1.807) is 0 Å². The standard InChI is InChI=1S/C27H32F2N2O6S2/c1-39(35,36)23-5-4-22(38-23)25(33)37-27(26(30)34)11-6-17(7-12-27)8-13-31-14-9-18(10-15-31)24(32)19-2-3-20(28)21(29)16-19/h2-5,16-18H,6-15H2,1H3,(H2,30,34). The number of hydrogen-bond donors (Lipinski definition) is 1. The highest BCUT2D eigenvalue weighted by molar-refractivity contribution is 7.92. The topological polar surface area (TPSA) is 124 Å².